The monoisotopic (exact) mass is 480 g/mol. The van der Waals surface area contributed by atoms with Crippen molar-refractivity contribution in [3.8, 4) is 0 Å². The van der Waals surface area contributed by atoms with Crippen LogP contribution in [0.2, 0.25) is 0 Å². The molecule has 0 spiro atoms. The van der Waals surface area contributed by atoms with Crippen molar-refractivity contribution in [2.45, 2.75) is 36.8 Å². The normalized spacial score (nSPS) is 14.8. The Balaban J connectivity index is 0. The molecule has 0 fully saturated rings. The molecule has 8 heteroatoms. The van der Waals surface area contributed by atoms with Crippen molar-refractivity contribution in [2.24, 2.45) is 0 Å². The standard InChI is InChI=1S/C8H12.C7H5F3O3S.C3H5.Pd/c1-2-4-6-8-7-5-3-1;8-7(9,10)5-1-3-6(4-2-5)14(11,12)13;1-3-2;/h1-2,7-8H,3-6H2;1-4H,(H,11,12,13);3H,1-2H2;/q;;-1;+2/p-1/b2-1-,8-7?;;;. The quantitative estimate of drug-likeness (QED) is 0.238. The van der Waals surface area contributed by atoms with E-state index in [2.05, 4.69) is 37.8 Å². The first-order valence-corrected chi connectivity index (χ1v) is 8.87. The van der Waals surface area contributed by atoms with E-state index in [-0.39, 0.29) is 20.4 Å². The predicted molar refractivity (Wildman–Crippen MR) is 91.7 cm³/mol. The van der Waals surface area contributed by atoms with Gasteiger partial charge in [0.05, 0.1) is 10.5 Å². The molecular weight excluding hydrogens is 460 g/mol. The van der Waals surface area contributed by atoms with E-state index in [4.69, 9.17) is 0 Å². The molecule has 0 saturated heterocycles. The van der Waals surface area contributed by atoms with Gasteiger partial charge in [0.1, 0.15) is 10.1 Å². The topological polar surface area (TPSA) is 57.2 Å². The number of benzene rings is 1. The zero-order valence-corrected chi connectivity index (χ0v) is 16.4. The van der Waals surface area contributed by atoms with Crippen LogP contribution in [-0.2, 0) is 36.7 Å². The van der Waals surface area contributed by atoms with Gasteiger partial charge in [-0.25, -0.2) is 28.0 Å². The fourth-order valence-electron chi connectivity index (χ4n) is 1.67. The van der Waals surface area contributed by atoms with Crippen molar-refractivity contribution in [1.82, 2.24) is 0 Å². The number of allylic oxidation sites excluding steroid dienone is 5. The Morgan fingerprint density at radius 3 is 1.50 bits per heavy atom. The van der Waals surface area contributed by atoms with E-state index in [9.17, 15) is 26.1 Å². The van der Waals surface area contributed by atoms with E-state index < -0.39 is 26.8 Å². The molecule has 1 aromatic rings. The van der Waals surface area contributed by atoms with Gasteiger partial charge in [-0.1, -0.05) is 24.3 Å². The van der Waals surface area contributed by atoms with Gasteiger partial charge in [0.15, 0.2) is 0 Å². The number of alkyl halides is 3. The second-order valence-corrected chi connectivity index (χ2v) is 6.24. The molecule has 0 amide bonds. The van der Waals surface area contributed by atoms with Crippen molar-refractivity contribution in [1.29, 1.82) is 0 Å². The van der Waals surface area contributed by atoms with Crippen molar-refractivity contribution in [2.75, 3.05) is 0 Å². The molecule has 148 valence electrons. The minimum atomic E-state index is -4.68. The Kier molecular flexibility index (Phi) is 14.3. The molecule has 3 nitrogen and oxygen atoms in total. The SMILES string of the molecule is C1=CCC/C=C\CC1.C=C[CH2-].O=S(=O)([O-])c1ccc(C(F)(F)F)cc1.[Pd+2]. The molecule has 0 radical (unpaired) electrons. The third kappa shape index (κ3) is 13.0. The molecule has 0 aromatic heterocycles. The molecule has 0 bridgehead atoms. The molecule has 2 rings (SSSR count). The molecule has 1 aliphatic carbocycles. The summed E-state index contributed by atoms with van der Waals surface area (Å²) < 4.78 is 67.0. The molecule has 1 aromatic carbocycles. The summed E-state index contributed by atoms with van der Waals surface area (Å²) in [6.45, 7) is 6.50. The summed E-state index contributed by atoms with van der Waals surface area (Å²) >= 11 is 0. The maximum Gasteiger partial charge on any atom is 2.00 e. The number of hydrogen-bond donors (Lipinski definition) is 0. The number of halogens is 3. The summed E-state index contributed by atoms with van der Waals surface area (Å²) in [7, 11) is -4.68. The molecule has 0 aliphatic heterocycles. The van der Waals surface area contributed by atoms with Crippen LogP contribution in [0.5, 0.6) is 0 Å². The van der Waals surface area contributed by atoms with Crippen LogP contribution in [0, 0.1) is 6.92 Å². The third-order valence-corrected chi connectivity index (χ3v) is 3.65. The van der Waals surface area contributed by atoms with Crippen LogP contribution in [0.3, 0.4) is 0 Å². The van der Waals surface area contributed by atoms with Gasteiger partial charge in [-0.2, -0.15) is 13.2 Å². The van der Waals surface area contributed by atoms with Crippen LogP contribution in [0.15, 0.2) is 66.1 Å². The maximum absolute atomic E-state index is 12.0. The van der Waals surface area contributed by atoms with Crippen LogP contribution < -0.4 is 0 Å². The summed E-state index contributed by atoms with van der Waals surface area (Å²) in [6, 6.07) is 2.35. The van der Waals surface area contributed by atoms with E-state index in [1.54, 1.807) is 0 Å². The molecule has 0 unspecified atom stereocenters. The van der Waals surface area contributed by atoms with Crippen LogP contribution >= 0.6 is 0 Å². The van der Waals surface area contributed by atoms with E-state index in [0.29, 0.717) is 24.3 Å². The van der Waals surface area contributed by atoms with Gasteiger partial charge < -0.3 is 4.55 Å². The Morgan fingerprint density at radius 1 is 0.962 bits per heavy atom. The average Bonchev–Trinajstić information content (AvgIpc) is 2.46. The first-order valence-electron chi connectivity index (χ1n) is 7.46. The minimum Gasteiger partial charge on any atom is -0.744 e. The Hall–Kier alpha value is -1.33. The molecule has 0 heterocycles. The average molecular weight is 481 g/mol. The van der Waals surface area contributed by atoms with Crippen LogP contribution in [0.1, 0.15) is 31.2 Å². The Morgan fingerprint density at radius 2 is 1.27 bits per heavy atom. The van der Waals surface area contributed by atoms with Gasteiger partial charge in [-0.05, 0) is 49.9 Å². The van der Waals surface area contributed by atoms with E-state index >= 15 is 0 Å². The van der Waals surface area contributed by atoms with Crippen LogP contribution in [-0.4, -0.2) is 13.0 Å². The second kappa shape index (κ2) is 13.8. The van der Waals surface area contributed by atoms with Crippen molar-refractivity contribution >= 4 is 10.1 Å². The Bertz CT molecular complexity index is 638. The second-order valence-electron chi connectivity index (χ2n) is 4.86. The first kappa shape index (κ1) is 26.9. The molecule has 1 aliphatic rings. The van der Waals surface area contributed by atoms with Crippen LogP contribution in [0.25, 0.3) is 0 Å². The fourth-order valence-corrected chi connectivity index (χ4v) is 2.14. The number of hydrogen-bond acceptors (Lipinski definition) is 3. The molecular formula is C18H21F3O3PdS. The van der Waals surface area contributed by atoms with E-state index in [0.717, 1.165) is 0 Å². The van der Waals surface area contributed by atoms with Crippen molar-refractivity contribution in [3.05, 3.63) is 73.7 Å². The molecule has 0 atom stereocenters. The van der Waals surface area contributed by atoms with E-state index in [1.807, 2.05) is 0 Å². The van der Waals surface area contributed by atoms with Gasteiger partial charge in [0.25, 0.3) is 0 Å². The zero-order chi connectivity index (χ0) is 19.3. The fraction of sp³-hybridized carbons (Fsp3) is 0.278. The maximum atomic E-state index is 12.0. The summed E-state index contributed by atoms with van der Waals surface area (Å²) in [4.78, 5) is -0.675. The van der Waals surface area contributed by atoms with Gasteiger partial charge in [0.2, 0.25) is 0 Å². The van der Waals surface area contributed by atoms with E-state index in [1.165, 1.54) is 31.8 Å². The summed E-state index contributed by atoms with van der Waals surface area (Å²) in [5, 5.41) is 0. The molecule has 26 heavy (non-hydrogen) atoms. The summed E-state index contributed by atoms with van der Waals surface area (Å²) in [5.41, 5.74) is -0.995. The van der Waals surface area contributed by atoms with Gasteiger partial charge >= 0.3 is 26.6 Å². The van der Waals surface area contributed by atoms with Gasteiger partial charge in [-0.3, -0.25) is 0 Å². The zero-order valence-electron chi connectivity index (χ0n) is 14.0. The number of rotatable bonds is 1. The summed E-state index contributed by atoms with van der Waals surface area (Å²) in [5.74, 6) is 0. The van der Waals surface area contributed by atoms with Crippen LogP contribution in [0.4, 0.5) is 13.2 Å². The smallest absolute Gasteiger partial charge is 0.744 e. The minimum absolute atomic E-state index is 0. The third-order valence-electron chi connectivity index (χ3n) is 2.80. The molecule has 0 N–H and O–H groups in total. The molecule has 0 saturated carbocycles. The first-order chi connectivity index (χ1) is 11.6. The predicted octanol–water partition coefficient (Wildman–Crippen LogP) is 5.29. The Labute approximate surface area is 167 Å². The summed E-state index contributed by atoms with van der Waals surface area (Å²) in [6.07, 6.45) is 11.0. The van der Waals surface area contributed by atoms with Crippen molar-refractivity contribution in [3.63, 3.8) is 0 Å². The van der Waals surface area contributed by atoms with Gasteiger partial charge in [-0.15, -0.1) is 0 Å². The van der Waals surface area contributed by atoms with Crippen molar-refractivity contribution < 1.29 is 46.6 Å². The van der Waals surface area contributed by atoms with Gasteiger partial charge in [0, 0.05) is 0 Å². The largest absolute Gasteiger partial charge is 2.00 e.